The van der Waals surface area contributed by atoms with Gasteiger partial charge >= 0.3 is 0 Å². The number of fused-ring (bicyclic) bond motifs is 1. The molecule has 0 aliphatic heterocycles. The van der Waals surface area contributed by atoms with Gasteiger partial charge in [0.1, 0.15) is 11.6 Å². The summed E-state index contributed by atoms with van der Waals surface area (Å²) >= 11 is 1.33. The fourth-order valence-corrected chi connectivity index (χ4v) is 2.77. The van der Waals surface area contributed by atoms with Crippen LogP contribution in [-0.4, -0.2) is 11.5 Å². The standard InChI is InChI=1S/C15H13FN2OS/c16-11-3-6-13-14(9-11)20-15(18-13)19-12-4-1-10(2-5-12)7-8-17/h1-6,9H,7-8,17H2. The Kier molecular flexibility index (Phi) is 3.62. The molecule has 0 spiro atoms. The Balaban J connectivity index is 1.81. The maximum Gasteiger partial charge on any atom is 0.279 e. The molecule has 0 amide bonds. The highest BCUT2D eigenvalue weighted by atomic mass is 32.1. The number of rotatable bonds is 4. The van der Waals surface area contributed by atoms with Gasteiger partial charge in [-0.3, -0.25) is 0 Å². The minimum Gasteiger partial charge on any atom is -0.431 e. The average molecular weight is 288 g/mol. The van der Waals surface area contributed by atoms with Gasteiger partial charge in [0.15, 0.2) is 0 Å². The van der Waals surface area contributed by atoms with Crippen LogP contribution in [0.25, 0.3) is 10.2 Å². The van der Waals surface area contributed by atoms with Crippen LogP contribution in [0, 0.1) is 5.82 Å². The summed E-state index contributed by atoms with van der Waals surface area (Å²) in [4.78, 5) is 4.32. The molecule has 0 aliphatic carbocycles. The van der Waals surface area contributed by atoms with Crippen molar-refractivity contribution < 1.29 is 9.13 Å². The van der Waals surface area contributed by atoms with Crippen molar-refractivity contribution in [2.75, 3.05) is 6.54 Å². The third-order valence-electron chi connectivity index (χ3n) is 2.89. The van der Waals surface area contributed by atoms with Gasteiger partial charge in [-0.15, -0.1) is 0 Å². The summed E-state index contributed by atoms with van der Waals surface area (Å²) in [5.74, 6) is 0.448. The monoisotopic (exact) mass is 288 g/mol. The van der Waals surface area contributed by atoms with Crippen molar-refractivity contribution in [2.24, 2.45) is 5.73 Å². The second-order valence-electron chi connectivity index (χ2n) is 4.38. The van der Waals surface area contributed by atoms with Crippen LogP contribution < -0.4 is 10.5 Å². The lowest BCUT2D eigenvalue weighted by Crippen LogP contribution is -2.02. The first kappa shape index (κ1) is 13.0. The van der Waals surface area contributed by atoms with Gasteiger partial charge in [0.2, 0.25) is 0 Å². The molecular weight excluding hydrogens is 275 g/mol. The van der Waals surface area contributed by atoms with E-state index in [9.17, 15) is 4.39 Å². The molecule has 2 N–H and O–H groups in total. The molecule has 1 heterocycles. The van der Waals surface area contributed by atoms with E-state index in [0.717, 1.165) is 16.6 Å². The maximum atomic E-state index is 13.1. The number of aromatic nitrogens is 1. The molecule has 2 aromatic carbocycles. The molecule has 0 unspecified atom stereocenters. The topological polar surface area (TPSA) is 48.1 Å². The molecule has 20 heavy (non-hydrogen) atoms. The highest BCUT2D eigenvalue weighted by molar-refractivity contribution is 7.20. The van der Waals surface area contributed by atoms with Gasteiger partial charge in [0.25, 0.3) is 5.19 Å². The van der Waals surface area contributed by atoms with Crippen LogP contribution in [0.1, 0.15) is 5.56 Å². The van der Waals surface area contributed by atoms with Crippen LogP contribution >= 0.6 is 11.3 Å². The zero-order chi connectivity index (χ0) is 13.9. The average Bonchev–Trinajstić information content (AvgIpc) is 2.82. The fourth-order valence-electron chi connectivity index (χ4n) is 1.91. The van der Waals surface area contributed by atoms with Gasteiger partial charge in [-0.25, -0.2) is 9.37 Å². The molecule has 0 atom stereocenters. The number of nitrogens with zero attached hydrogens (tertiary/aromatic N) is 1. The highest BCUT2D eigenvalue weighted by Gasteiger charge is 2.07. The molecule has 3 aromatic rings. The second-order valence-corrected chi connectivity index (χ2v) is 5.37. The van der Waals surface area contributed by atoms with Gasteiger partial charge in [-0.1, -0.05) is 23.5 Å². The van der Waals surface area contributed by atoms with E-state index in [1.54, 1.807) is 6.07 Å². The molecule has 0 fully saturated rings. The Morgan fingerprint density at radius 2 is 1.95 bits per heavy atom. The second kappa shape index (κ2) is 5.56. The van der Waals surface area contributed by atoms with Crippen LogP contribution in [0.2, 0.25) is 0 Å². The maximum absolute atomic E-state index is 13.1. The number of nitrogens with two attached hydrogens (primary N) is 1. The van der Waals surface area contributed by atoms with E-state index in [2.05, 4.69) is 4.98 Å². The summed E-state index contributed by atoms with van der Waals surface area (Å²) in [6.45, 7) is 0.629. The third-order valence-corrected chi connectivity index (χ3v) is 3.79. The molecule has 102 valence electrons. The van der Waals surface area contributed by atoms with Crippen LogP contribution in [-0.2, 0) is 6.42 Å². The van der Waals surface area contributed by atoms with Gasteiger partial charge in [0.05, 0.1) is 10.2 Å². The normalized spacial score (nSPS) is 10.9. The summed E-state index contributed by atoms with van der Waals surface area (Å²) < 4.78 is 19.6. The van der Waals surface area contributed by atoms with Crippen molar-refractivity contribution in [3.05, 3.63) is 53.8 Å². The predicted octanol–water partition coefficient (Wildman–Crippen LogP) is 3.73. The number of benzene rings is 2. The summed E-state index contributed by atoms with van der Waals surface area (Å²) in [6, 6.07) is 12.2. The highest BCUT2D eigenvalue weighted by Crippen LogP contribution is 2.31. The van der Waals surface area contributed by atoms with Crippen LogP contribution in [0.5, 0.6) is 10.9 Å². The van der Waals surface area contributed by atoms with E-state index in [1.165, 1.54) is 29.0 Å². The van der Waals surface area contributed by atoms with E-state index < -0.39 is 0 Å². The zero-order valence-electron chi connectivity index (χ0n) is 10.7. The van der Waals surface area contributed by atoms with Gasteiger partial charge < -0.3 is 10.5 Å². The minimum absolute atomic E-state index is 0.265. The zero-order valence-corrected chi connectivity index (χ0v) is 11.5. The summed E-state index contributed by atoms with van der Waals surface area (Å²) in [5, 5.41) is 0.511. The first-order chi connectivity index (χ1) is 9.74. The minimum atomic E-state index is -0.265. The van der Waals surface area contributed by atoms with E-state index >= 15 is 0 Å². The summed E-state index contributed by atoms with van der Waals surface area (Å²) in [7, 11) is 0. The Hall–Kier alpha value is -1.98. The Morgan fingerprint density at radius 3 is 2.70 bits per heavy atom. The smallest absolute Gasteiger partial charge is 0.279 e. The van der Waals surface area contributed by atoms with Crippen molar-refractivity contribution in [1.82, 2.24) is 4.98 Å². The number of thiazole rings is 1. The van der Waals surface area contributed by atoms with Crippen molar-refractivity contribution in [2.45, 2.75) is 6.42 Å². The number of halogens is 1. The molecule has 3 rings (SSSR count). The predicted molar refractivity (Wildman–Crippen MR) is 78.9 cm³/mol. The lowest BCUT2D eigenvalue weighted by atomic mass is 10.1. The van der Waals surface area contributed by atoms with Gasteiger partial charge in [-0.2, -0.15) is 0 Å². The number of hydrogen-bond acceptors (Lipinski definition) is 4. The Bertz CT molecular complexity index is 724. The number of ether oxygens (including phenoxy) is 1. The quantitative estimate of drug-likeness (QED) is 0.795. The molecule has 0 saturated heterocycles. The Labute approximate surface area is 119 Å². The SMILES string of the molecule is NCCc1ccc(Oc2nc3ccc(F)cc3s2)cc1. The van der Waals surface area contributed by atoms with E-state index in [1.807, 2.05) is 24.3 Å². The van der Waals surface area contributed by atoms with E-state index in [0.29, 0.717) is 17.5 Å². The molecule has 3 nitrogen and oxygen atoms in total. The van der Waals surface area contributed by atoms with Crippen molar-refractivity contribution in [1.29, 1.82) is 0 Å². The number of hydrogen-bond donors (Lipinski definition) is 1. The summed E-state index contributed by atoms with van der Waals surface area (Å²) in [5.41, 5.74) is 7.42. The molecule has 0 bridgehead atoms. The molecule has 5 heteroatoms. The Morgan fingerprint density at radius 1 is 1.15 bits per heavy atom. The van der Waals surface area contributed by atoms with E-state index in [4.69, 9.17) is 10.5 Å². The lowest BCUT2D eigenvalue weighted by molar-refractivity contribution is 0.480. The molecule has 0 saturated carbocycles. The molecular formula is C15H13FN2OS. The van der Waals surface area contributed by atoms with Crippen molar-refractivity contribution in [3.8, 4) is 10.9 Å². The van der Waals surface area contributed by atoms with Gasteiger partial charge in [0, 0.05) is 0 Å². The van der Waals surface area contributed by atoms with Crippen LogP contribution in [0.4, 0.5) is 4.39 Å². The van der Waals surface area contributed by atoms with Crippen molar-refractivity contribution in [3.63, 3.8) is 0 Å². The van der Waals surface area contributed by atoms with Crippen LogP contribution in [0.15, 0.2) is 42.5 Å². The van der Waals surface area contributed by atoms with E-state index in [-0.39, 0.29) is 5.82 Å². The van der Waals surface area contributed by atoms with Gasteiger partial charge in [-0.05, 0) is 48.9 Å². The fraction of sp³-hybridized carbons (Fsp3) is 0.133. The van der Waals surface area contributed by atoms with Crippen LogP contribution in [0.3, 0.4) is 0 Å². The molecule has 0 aliphatic rings. The molecule has 1 aromatic heterocycles. The van der Waals surface area contributed by atoms with Crippen molar-refractivity contribution >= 4 is 21.6 Å². The first-order valence-electron chi connectivity index (χ1n) is 6.27. The third kappa shape index (κ3) is 2.79. The molecule has 0 radical (unpaired) electrons. The lowest BCUT2D eigenvalue weighted by Gasteiger charge is -2.02. The largest absolute Gasteiger partial charge is 0.431 e. The first-order valence-corrected chi connectivity index (χ1v) is 7.09. The summed E-state index contributed by atoms with van der Waals surface area (Å²) in [6.07, 6.45) is 0.848.